The quantitative estimate of drug-likeness (QED) is 0.852. The first kappa shape index (κ1) is 16.4. The van der Waals surface area contributed by atoms with Crippen LogP contribution in [0.15, 0.2) is 24.3 Å². The summed E-state index contributed by atoms with van der Waals surface area (Å²) in [5.41, 5.74) is 1.01. The summed E-state index contributed by atoms with van der Waals surface area (Å²) in [6.45, 7) is 4.30. The number of carbonyl (C=O) groups is 1. The molecule has 3 rings (SSSR count). The largest absolute Gasteiger partial charge is 0.375 e. The van der Waals surface area contributed by atoms with Gasteiger partial charge in [0.05, 0.1) is 5.60 Å². The highest BCUT2D eigenvalue weighted by atomic mass is 19.1. The molecule has 4 heteroatoms. The zero-order valence-corrected chi connectivity index (χ0v) is 13.9. The van der Waals surface area contributed by atoms with Crippen molar-refractivity contribution in [2.45, 2.75) is 51.0 Å². The summed E-state index contributed by atoms with van der Waals surface area (Å²) in [4.78, 5) is 13.8. The molecule has 23 heavy (non-hydrogen) atoms. The van der Waals surface area contributed by atoms with E-state index in [1.54, 1.807) is 12.1 Å². The number of hydrogen-bond donors (Lipinski definition) is 0. The molecule has 0 saturated carbocycles. The van der Waals surface area contributed by atoms with Crippen molar-refractivity contribution in [3.8, 4) is 0 Å². The van der Waals surface area contributed by atoms with Gasteiger partial charge in [-0.2, -0.15) is 0 Å². The SMILES string of the molecule is CCC(=O)N1CCC2(CC1)CC(Cc1cccc(F)c1)CCO2. The predicted octanol–water partition coefficient (Wildman–Crippen LogP) is 3.57. The van der Waals surface area contributed by atoms with Crippen LogP contribution < -0.4 is 0 Å². The molecule has 2 aliphatic heterocycles. The van der Waals surface area contributed by atoms with Crippen LogP contribution in [-0.2, 0) is 16.0 Å². The fourth-order valence-corrected chi connectivity index (χ4v) is 4.04. The average molecular weight is 319 g/mol. The number of amides is 1. The molecule has 0 N–H and O–H groups in total. The van der Waals surface area contributed by atoms with E-state index in [4.69, 9.17) is 4.74 Å². The lowest BCUT2D eigenvalue weighted by Gasteiger charge is -2.46. The number of halogens is 1. The first-order valence-electron chi connectivity index (χ1n) is 8.76. The lowest BCUT2D eigenvalue weighted by molar-refractivity contribution is -0.146. The second-order valence-corrected chi connectivity index (χ2v) is 6.96. The second kappa shape index (κ2) is 7.00. The standard InChI is InChI=1S/C19H26FNO2/c1-2-18(22)21-9-7-19(8-10-21)14-16(6-11-23-19)12-15-4-3-5-17(20)13-15/h3-5,13,16H,2,6-12,14H2,1H3. The van der Waals surface area contributed by atoms with Crippen molar-refractivity contribution in [1.29, 1.82) is 0 Å². The minimum atomic E-state index is -0.157. The number of hydrogen-bond acceptors (Lipinski definition) is 2. The van der Waals surface area contributed by atoms with Crippen molar-refractivity contribution in [3.05, 3.63) is 35.6 Å². The zero-order valence-electron chi connectivity index (χ0n) is 13.9. The molecule has 2 saturated heterocycles. The fourth-order valence-electron chi connectivity index (χ4n) is 4.04. The van der Waals surface area contributed by atoms with Gasteiger partial charge in [0, 0.05) is 26.1 Å². The Hall–Kier alpha value is -1.42. The third-order valence-corrected chi connectivity index (χ3v) is 5.34. The average Bonchev–Trinajstić information content (AvgIpc) is 2.55. The van der Waals surface area contributed by atoms with Gasteiger partial charge in [-0.25, -0.2) is 4.39 Å². The van der Waals surface area contributed by atoms with Crippen LogP contribution in [0.3, 0.4) is 0 Å². The minimum absolute atomic E-state index is 0.0687. The van der Waals surface area contributed by atoms with Gasteiger partial charge in [0.2, 0.25) is 5.91 Å². The van der Waals surface area contributed by atoms with E-state index in [0.717, 1.165) is 57.4 Å². The molecule has 1 unspecified atom stereocenters. The van der Waals surface area contributed by atoms with Crippen molar-refractivity contribution in [3.63, 3.8) is 0 Å². The van der Waals surface area contributed by atoms with E-state index in [0.29, 0.717) is 12.3 Å². The van der Waals surface area contributed by atoms with Gasteiger partial charge in [0.15, 0.2) is 0 Å². The summed E-state index contributed by atoms with van der Waals surface area (Å²) in [5, 5.41) is 0. The first-order chi connectivity index (χ1) is 11.1. The molecule has 0 aliphatic carbocycles. The number of benzene rings is 1. The summed E-state index contributed by atoms with van der Waals surface area (Å²) < 4.78 is 19.5. The summed E-state index contributed by atoms with van der Waals surface area (Å²) in [5.74, 6) is 0.626. The lowest BCUT2D eigenvalue weighted by atomic mass is 9.77. The summed E-state index contributed by atoms with van der Waals surface area (Å²) in [6.07, 6.45) is 5.42. The Kier molecular flexibility index (Phi) is 5.00. The molecule has 2 aliphatic rings. The lowest BCUT2D eigenvalue weighted by Crippen LogP contribution is -2.50. The van der Waals surface area contributed by atoms with Crippen LogP contribution >= 0.6 is 0 Å². The van der Waals surface area contributed by atoms with Gasteiger partial charge < -0.3 is 9.64 Å². The molecular formula is C19H26FNO2. The Morgan fingerprint density at radius 3 is 2.87 bits per heavy atom. The number of piperidine rings is 1. The Bertz CT molecular complexity index is 552. The van der Waals surface area contributed by atoms with E-state index in [9.17, 15) is 9.18 Å². The Morgan fingerprint density at radius 1 is 1.39 bits per heavy atom. The Balaban J connectivity index is 1.59. The third kappa shape index (κ3) is 3.92. The van der Waals surface area contributed by atoms with Crippen molar-refractivity contribution in [2.75, 3.05) is 19.7 Å². The molecule has 0 radical (unpaired) electrons. The molecule has 1 amide bonds. The van der Waals surface area contributed by atoms with Gasteiger partial charge in [-0.05, 0) is 55.7 Å². The molecule has 1 spiro atoms. The molecule has 0 bridgehead atoms. The van der Waals surface area contributed by atoms with E-state index in [-0.39, 0.29) is 17.3 Å². The molecule has 126 valence electrons. The topological polar surface area (TPSA) is 29.5 Å². The zero-order chi connectivity index (χ0) is 16.3. The highest BCUT2D eigenvalue weighted by molar-refractivity contribution is 5.75. The van der Waals surface area contributed by atoms with Gasteiger partial charge in [-0.15, -0.1) is 0 Å². The summed E-state index contributed by atoms with van der Waals surface area (Å²) in [7, 11) is 0. The van der Waals surface area contributed by atoms with Crippen LogP contribution in [0.4, 0.5) is 4.39 Å². The number of ether oxygens (including phenoxy) is 1. The van der Waals surface area contributed by atoms with Gasteiger partial charge in [0.25, 0.3) is 0 Å². The highest BCUT2D eigenvalue weighted by Crippen LogP contribution is 2.38. The van der Waals surface area contributed by atoms with Crippen LogP contribution in [0.1, 0.15) is 44.6 Å². The summed E-state index contributed by atoms with van der Waals surface area (Å²) in [6, 6.07) is 6.93. The maximum atomic E-state index is 13.4. The Morgan fingerprint density at radius 2 is 2.17 bits per heavy atom. The predicted molar refractivity (Wildman–Crippen MR) is 87.6 cm³/mol. The highest BCUT2D eigenvalue weighted by Gasteiger charge is 2.40. The molecular weight excluding hydrogens is 293 g/mol. The first-order valence-corrected chi connectivity index (χ1v) is 8.76. The maximum absolute atomic E-state index is 13.4. The fraction of sp³-hybridized carbons (Fsp3) is 0.632. The number of nitrogens with zero attached hydrogens (tertiary/aromatic N) is 1. The molecule has 1 aromatic rings. The van der Waals surface area contributed by atoms with Gasteiger partial charge in [-0.3, -0.25) is 4.79 Å². The van der Waals surface area contributed by atoms with Gasteiger partial charge in [-0.1, -0.05) is 19.1 Å². The molecule has 3 nitrogen and oxygen atoms in total. The van der Waals surface area contributed by atoms with Crippen LogP contribution in [0.5, 0.6) is 0 Å². The van der Waals surface area contributed by atoms with Crippen molar-refractivity contribution in [2.24, 2.45) is 5.92 Å². The third-order valence-electron chi connectivity index (χ3n) is 5.34. The molecule has 2 heterocycles. The van der Waals surface area contributed by atoms with Crippen LogP contribution in [0.2, 0.25) is 0 Å². The number of likely N-dealkylation sites (tertiary alicyclic amines) is 1. The van der Waals surface area contributed by atoms with Gasteiger partial charge >= 0.3 is 0 Å². The smallest absolute Gasteiger partial charge is 0.222 e. The molecule has 2 fully saturated rings. The van der Waals surface area contributed by atoms with Crippen molar-refractivity contribution in [1.82, 2.24) is 4.90 Å². The maximum Gasteiger partial charge on any atom is 0.222 e. The second-order valence-electron chi connectivity index (χ2n) is 6.96. The van der Waals surface area contributed by atoms with Gasteiger partial charge in [0.1, 0.15) is 5.82 Å². The normalized spacial score (nSPS) is 23.9. The minimum Gasteiger partial charge on any atom is -0.375 e. The monoisotopic (exact) mass is 319 g/mol. The van der Waals surface area contributed by atoms with E-state index >= 15 is 0 Å². The van der Waals surface area contributed by atoms with Crippen LogP contribution in [0, 0.1) is 11.7 Å². The van der Waals surface area contributed by atoms with E-state index in [1.165, 1.54) is 6.07 Å². The number of carbonyl (C=O) groups excluding carboxylic acids is 1. The van der Waals surface area contributed by atoms with Crippen LogP contribution in [0.25, 0.3) is 0 Å². The molecule has 1 aromatic carbocycles. The van der Waals surface area contributed by atoms with Crippen molar-refractivity contribution < 1.29 is 13.9 Å². The van der Waals surface area contributed by atoms with E-state index in [2.05, 4.69) is 0 Å². The molecule has 1 atom stereocenters. The number of rotatable bonds is 3. The van der Waals surface area contributed by atoms with Crippen LogP contribution in [-0.4, -0.2) is 36.1 Å². The van der Waals surface area contributed by atoms with E-state index in [1.807, 2.05) is 17.9 Å². The van der Waals surface area contributed by atoms with E-state index < -0.39 is 0 Å². The Labute approximate surface area is 137 Å². The molecule has 0 aromatic heterocycles. The van der Waals surface area contributed by atoms with Crippen molar-refractivity contribution >= 4 is 5.91 Å². The summed E-state index contributed by atoms with van der Waals surface area (Å²) >= 11 is 0.